The number of pyridine rings is 14. The molecule has 0 radical (unpaired) electrons. The van der Waals surface area contributed by atoms with Gasteiger partial charge >= 0.3 is 0 Å². The van der Waals surface area contributed by atoms with E-state index in [4.69, 9.17) is 0 Å². The van der Waals surface area contributed by atoms with Crippen LogP contribution in [0.2, 0.25) is 0 Å². The monoisotopic (exact) mass is 1430 g/mol. The summed E-state index contributed by atoms with van der Waals surface area (Å²) in [5.41, 5.74) is 29.2. The van der Waals surface area contributed by atoms with Crippen LogP contribution < -0.4 is 54.8 Å². The lowest BCUT2D eigenvalue weighted by Crippen LogP contribution is -2.42. The molecule has 0 amide bonds. The molecule has 0 spiro atoms. The highest BCUT2D eigenvalue weighted by molar-refractivity contribution is 5.69. The lowest BCUT2D eigenvalue weighted by Gasteiger charge is -2.08. The van der Waals surface area contributed by atoms with Crippen LogP contribution in [0.1, 0.15) is 5.56 Å². The van der Waals surface area contributed by atoms with Crippen LogP contribution in [0.25, 0.3) is 136 Å². The number of benzene rings is 2. The first-order valence-electron chi connectivity index (χ1n) is 36.7. The maximum absolute atomic E-state index is 4.49. The highest BCUT2D eigenvalue weighted by atomic mass is 15.1. The first-order chi connectivity index (χ1) is 53.0. The highest BCUT2D eigenvalue weighted by Gasteiger charge is 2.32. The standard InChI is InChI=1S/C25H26N3.C24H24N3.2C23H23N4/c1-19-17-25(27(3)18-21(19)20-11-6-5-7-12-20)24-15-10-14-23(28(24)4)22-13-8-9-16-26(22)2;1-25-17-8-7-12-21(25)23-13-9-14-24(27(23)3)22-16-15-20(18-26(22)2)19-10-5-4-6-11-19;1-25-16-7-5-10-20(25)22-11-8-12-23(27(22)3)21-14-13-18(17-26(21)2)19-9-4-6-15-24-19;1-25-15-7-5-10-20(25)21-11-8-12-22(27(21)3)23-17-18(13-16-26(23)2)19-9-4-6-14-24-19/h5-18H,1-4H3;4-18H,1-3H3;2*4-17H,1-3H3/q4*+3. The molecule has 0 aliphatic heterocycles. The molecule has 16 rings (SSSR count). The van der Waals surface area contributed by atoms with Gasteiger partial charge in [0.15, 0.2) is 49.6 Å². The van der Waals surface area contributed by atoms with Crippen molar-refractivity contribution in [3.63, 3.8) is 0 Å². The van der Waals surface area contributed by atoms with Crippen LogP contribution in [0.15, 0.2) is 347 Å². The first-order valence-corrected chi connectivity index (χ1v) is 36.7. The smallest absolute Gasteiger partial charge is 0.256 e. The SMILES string of the molecule is C[n+]1ccccc1-c1cccc(-c2cc(-c3ccccn3)cc[n+]2C)[n+]1C.C[n+]1ccccc1-c1cccc(-c2ccc(-c3ccccc3)c[n+]2C)[n+]1C.C[n+]1ccccc1-c1cccc(-c2ccc(-c3ccccn3)c[n+]2C)[n+]1C.Cc1cc(-c2cccc(-c3cccc[n+]3C)[n+]2C)[n+](C)cc1-c1ccccc1. The topological polar surface area (TPSA) is 72.3 Å². The molecule has 0 unspecified atom stereocenters. The van der Waals surface area contributed by atoms with E-state index >= 15 is 0 Å². The molecule has 0 saturated carbocycles. The van der Waals surface area contributed by atoms with Crippen LogP contribution in [0, 0.1) is 6.92 Å². The zero-order valence-corrected chi connectivity index (χ0v) is 64.7. The Bertz CT molecular complexity index is 5730. The molecular formula is C95H96N14+12. The minimum Gasteiger partial charge on any atom is -0.256 e. The van der Waals surface area contributed by atoms with Gasteiger partial charge in [0, 0.05) is 156 Å². The Labute approximate surface area is 641 Å². The zero-order chi connectivity index (χ0) is 76.1. The second-order valence-corrected chi connectivity index (χ2v) is 27.5. The van der Waals surface area contributed by atoms with E-state index in [9.17, 15) is 0 Å². The molecule has 0 aliphatic carbocycles. The number of aryl methyl sites for hydroxylation is 9. The molecule has 2 aromatic carbocycles. The van der Waals surface area contributed by atoms with Crippen molar-refractivity contribution in [2.45, 2.75) is 6.92 Å². The second-order valence-electron chi connectivity index (χ2n) is 27.5. The predicted molar refractivity (Wildman–Crippen MR) is 425 cm³/mol. The number of aromatic nitrogens is 14. The van der Waals surface area contributed by atoms with Gasteiger partial charge < -0.3 is 0 Å². The van der Waals surface area contributed by atoms with Crippen LogP contribution in [0.3, 0.4) is 0 Å². The first kappa shape index (κ1) is 73.8. The van der Waals surface area contributed by atoms with E-state index in [1.54, 1.807) is 0 Å². The Morgan fingerprint density at radius 2 is 0.495 bits per heavy atom. The zero-order valence-electron chi connectivity index (χ0n) is 64.7. The Morgan fingerprint density at radius 1 is 0.193 bits per heavy atom. The maximum atomic E-state index is 4.49. The van der Waals surface area contributed by atoms with E-state index < -0.39 is 0 Å². The van der Waals surface area contributed by atoms with E-state index in [2.05, 4.69) is 436 Å². The van der Waals surface area contributed by atoms with Crippen molar-refractivity contribution < 1.29 is 54.8 Å². The van der Waals surface area contributed by atoms with Gasteiger partial charge in [-0.1, -0.05) is 72.8 Å². The molecule has 534 valence electrons. The summed E-state index contributed by atoms with van der Waals surface area (Å²) in [5.74, 6) is 0. The van der Waals surface area contributed by atoms with Crippen molar-refractivity contribution in [1.82, 2.24) is 9.97 Å². The molecule has 0 fully saturated rings. The Kier molecular flexibility index (Phi) is 22.9. The van der Waals surface area contributed by atoms with Crippen LogP contribution in [0.5, 0.6) is 0 Å². The summed E-state index contributed by atoms with van der Waals surface area (Å²) in [6, 6.07) is 99.2. The lowest BCUT2D eigenvalue weighted by molar-refractivity contribution is -0.697. The summed E-state index contributed by atoms with van der Waals surface area (Å²) < 4.78 is 26.3. The summed E-state index contributed by atoms with van der Waals surface area (Å²) in [7, 11) is 25.2. The minimum absolute atomic E-state index is 0.979. The lowest BCUT2D eigenvalue weighted by atomic mass is 10.0. The molecule has 14 heterocycles. The molecule has 0 atom stereocenters. The summed E-state index contributed by atoms with van der Waals surface area (Å²) in [5, 5.41) is 0. The van der Waals surface area contributed by atoms with Gasteiger partial charge in [0.2, 0.25) is 0 Å². The molecule has 109 heavy (non-hydrogen) atoms. The predicted octanol–water partition coefficient (Wildman–Crippen LogP) is 11.7. The van der Waals surface area contributed by atoms with Gasteiger partial charge in [-0.2, -0.15) is 54.8 Å². The van der Waals surface area contributed by atoms with E-state index in [1.165, 1.54) is 96.1 Å². The van der Waals surface area contributed by atoms with Crippen molar-refractivity contribution in [3.8, 4) is 136 Å². The molecule has 14 nitrogen and oxygen atoms in total. The Morgan fingerprint density at radius 3 is 0.872 bits per heavy atom. The molecule has 0 bridgehead atoms. The third kappa shape index (κ3) is 16.5. The molecule has 0 N–H and O–H groups in total. The van der Waals surface area contributed by atoms with Crippen LogP contribution in [-0.2, 0) is 84.6 Å². The molecule has 16 aromatic rings. The number of rotatable bonds is 12. The molecule has 14 aromatic heterocycles. The molecule has 0 aliphatic rings. The second kappa shape index (κ2) is 33.8. The van der Waals surface area contributed by atoms with Gasteiger partial charge in [-0.25, -0.2) is 0 Å². The van der Waals surface area contributed by atoms with E-state index in [0.717, 1.165) is 45.3 Å². The maximum Gasteiger partial charge on any atom is 0.277 e. The van der Waals surface area contributed by atoms with Crippen LogP contribution in [-0.4, -0.2) is 9.97 Å². The van der Waals surface area contributed by atoms with Crippen molar-refractivity contribution >= 4 is 0 Å². The van der Waals surface area contributed by atoms with E-state index in [0.29, 0.717) is 0 Å². The fourth-order valence-corrected chi connectivity index (χ4v) is 14.2. The third-order valence-corrected chi connectivity index (χ3v) is 20.3. The molecule has 14 heteroatoms. The average molecular weight is 1430 g/mol. The Balaban J connectivity index is 0.000000128. The van der Waals surface area contributed by atoms with Gasteiger partial charge in [-0.15, -0.1) is 0 Å². The van der Waals surface area contributed by atoms with Gasteiger partial charge in [0.25, 0.3) is 91.1 Å². The van der Waals surface area contributed by atoms with Crippen molar-refractivity contribution in [3.05, 3.63) is 353 Å². The summed E-state index contributed by atoms with van der Waals surface area (Å²) in [6.07, 6.45) is 20.6. The summed E-state index contributed by atoms with van der Waals surface area (Å²) >= 11 is 0. The van der Waals surface area contributed by atoms with Crippen molar-refractivity contribution in [2.75, 3.05) is 0 Å². The average Bonchev–Trinajstić information content (AvgIpc) is 0.793. The Hall–Kier alpha value is -13.5. The fourth-order valence-electron chi connectivity index (χ4n) is 14.2. The normalized spacial score (nSPS) is 10.8. The third-order valence-electron chi connectivity index (χ3n) is 20.3. The number of nitrogens with zero attached hydrogens (tertiary/aromatic N) is 14. The number of hydrogen-bond acceptors (Lipinski definition) is 2. The van der Waals surface area contributed by atoms with Gasteiger partial charge in [0.05, 0.1) is 17.0 Å². The van der Waals surface area contributed by atoms with Gasteiger partial charge in [-0.05, 0) is 109 Å². The largest absolute Gasteiger partial charge is 0.277 e. The quantitative estimate of drug-likeness (QED) is 0.114. The highest BCUT2D eigenvalue weighted by Crippen LogP contribution is 2.28. The van der Waals surface area contributed by atoms with Crippen LogP contribution >= 0.6 is 0 Å². The van der Waals surface area contributed by atoms with E-state index in [-0.39, 0.29) is 0 Å². The van der Waals surface area contributed by atoms with Gasteiger partial charge in [-0.3, -0.25) is 9.97 Å². The van der Waals surface area contributed by atoms with Crippen molar-refractivity contribution in [2.24, 2.45) is 84.6 Å². The summed E-state index contributed by atoms with van der Waals surface area (Å²) in [6.45, 7) is 2.19. The fraction of sp³-hybridized carbons (Fsp3) is 0.137. The van der Waals surface area contributed by atoms with Gasteiger partial charge in [0.1, 0.15) is 84.6 Å². The summed E-state index contributed by atoms with van der Waals surface area (Å²) in [4.78, 5) is 8.95. The molecular weight excluding hydrogens is 1340 g/mol. The van der Waals surface area contributed by atoms with E-state index in [1.807, 2.05) is 67.0 Å². The number of hydrogen-bond donors (Lipinski definition) is 0. The molecule has 0 saturated heterocycles. The van der Waals surface area contributed by atoms with Crippen molar-refractivity contribution in [1.29, 1.82) is 0 Å². The minimum atomic E-state index is 0.979. The van der Waals surface area contributed by atoms with Crippen LogP contribution in [0.4, 0.5) is 0 Å².